The van der Waals surface area contributed by atoms with Crippen LogP contribution >= 0.6 is 47.2 Å². The van der Waals surface area contributed by atoms with Crippen LogP contribution in [0.3, 0.4) is 0 Å². The highest BCUT2D eigenvalue weighted by molar-refractivity contribution is 6.34. The molecule has 25 nitrogen and oxygen atoms in total. The van der Waals surface area contributed by atoms with E-state index in [1.807, 2.05) is 82.3 Å². The molecule has 3 aliphatic carbocycles. The molecular weight excluding hydrogens is 1230 g/mol. The van der Waals surface area contributed by atoms with E-state index in [0.717, 1.165) is 87.9 Å². The smallest absolute Gasteiger partial charge is 0.248 e. The van der Waals surface area contributed by atoms with Crippen molar-refractivity contribution in [1.82, 2.24) is 68.2 Å². The highest BCUT2D eigenvalue weighted by Crippen LogP contribution is 2.52. The summed E-state index contributed by atoms with van der Waals surface area (Å²) in [7, 11) is 6.39. The average molecular weight is 1300 g/mol. The minimum absolute atomic E-state index is 0. The number of anilines is 5. The predicted octanol–water partition coefficient (Wildman–Crippen LogP) is 7.83. The largest absolute Gasteiger partial charge is 0.496 e. The van der Waals surface area contributed by atoms with Crippen LogP contribution in [0.25, 0.3) is 27.9 Å². The molecule has 3 saturated carbocycles. The first kappa shape index (κ1) is 62.7. The first-order chi connectivity index (χ1) is 42.7. The number of aliphatic hydroxyl groups excluding tert-OH is 3. The molecule has 8 aromatic heterocycles. The number of aryl methyl sites for hydroxylation is 1. The van der Waals surface area contributed by atoms with E-state index < -0.39 is 0 Å². The molecule has 2 aromatic carbocycles. The number of nitrogens with zero attached hydrogens (tertiary/aromatic N) is 15. The van der Waals surface area contributed by atoms with Crippen LogP contribution in [-0.2, 0) is 0 Å². The molecule has 0 unspecified atom stereocenters. The zero-order valence-corrected chi connectivity index (χ0v) is 52.8. The summed E-state index contributed by atoms with van der Waals surface area (Å²) in [6.07, 6.45) is 16.3. The first-order valence-electron chi connectivity index (χ1n) is 28.9. The number of hydrogen-bond donors (Lipinski definition) is 6. The Morgan fingerprint density at radius 1 is 0.618 bits per heavy atom. The molecule has 9 atom stereocenters. The molecule has 29 heteroatoms. The third kappa shape index (κ3) is 13.1. The fraction of sp³-hybridized carbons (Fsp3) is 0.400. The van der Waals surface area contributed by atoms with E-state index in [9.17, 15) is 10.2 Å². The maximum Gasteiger partial charge on any atom is 0.248 e. The van der Waals surface area contributed by atoms with Crippen LogP contribution in [0.5, 0.6) is 23.0 Å². The monoisotopic (exact) mass is 1290 g/mol. The molecule has 0 radical (unpaired) electrons. The number of fused-ring (bicyclic) bond motifs is 6. The van der Waals surface area contributed by atoms with Crippen molar-refractivity contribution in [3.63, 3.8) is 0 Å². The number of aliphatic hydroxyl groups is 3. The maximum atomic E-state index is 9.98. The molecule has 6 fully saturated rings. The Hall–Kier alpha value is -7.88. The van der Waals surface area contributed by atoms with Gasteiger partial charge in [-0.2, -0.15) is 9.97 Å². The SMILES string of the molecule is COc1cc(-n2cnc(N)c2)cc(OC)c1OC.COc1cc(-n2cnc(Nc3nc(N4C[C@@H]5C[C@@H]5[C@H]4CO)c4cccn4n3)c2)cc(C)c1C.Cl.Clc1nc(Cl)c2cccn2n1.OC[C@@H]1[C@H]2C[C@H]2CN1c1nc(Cl)nn2cccc12.OC[C@H]1NC[C@@H]2C[C@@H]21. The number of benzene rings is 2. The Balaban J connectivity index is 0.000000124. The van der Waals surface area contributed by atoms with Crippen molar-refractivity contribution in [3.8, 4) is 34.4 Å². The molecule has 0 bridgehead atoms. The van der Waals surface area contributed by atoms with Crippen LogP contribution < -0.4 is 45.1 Å². The van der Waals surface area contributed by atoms with Gasteiger partial charge in [-0.15, -0.1) is 27.7 Å². The van der Waals surface area contributed by atoms with Crippen LogP contribution in [0.1, 0.15) is 30.4 Å². The highest BCUT2D eigenvalue weighted by atomic mass is 35.5. The Bertz CT molecular complexity index is 4080. The number of hydrogen-bond acceptors (Lipinski definition) is 20. The lowest BCUT2D eigenvalue weighted by atomic mass is 10.1. The number of nitrogens with one attached hydrogen (secondary N) is 2. The normalized spacial score (nSPS) is 22.0. The molecule has 89 heavy (non-hydrogen) atoms. The molecule has 3 saturated heterocycles. The van der Waals surface area contributed by atoms with Gasteiger partial charge in [0.25, 0.3) is 0 Å². The van der Waals surface area contributed by atoms with Crippen LogP contribution in [0.15, 0.2) is 104 Å². The summed E-state index contributed by atoms with van der Waals surface area (Å²) in [5.41, 5.74) is 12.3. The van der Waals surface area contributed by atoms with Crippen molar-refractivity contribution in [2.75, 3.05) is 88.7 Å². The van der Waals surface area contributed by atoms with E-state index >= 15 is 0 Å². The van der Waals surface area contributed by atoms with Crippen molar-refractivity contribution in [1.29, 1.82) is 0 Å². The number of rotatable bonds is 13. The lowest BCUT2D eigenvalue weighted by molar-refractivity contribution is 0.242. The third-order valence-corrected chi connectivity index (χ3v) is 18.0. The second kappa shape index (κ2) is 26.7. The summed E-state index contributed by atoms with van der Waals surface area (Å²) >= 11 is 17.3. The zero-order valence-electron chi connectivity index (χ0n) is 49.7. The minimum atomic E-state index is 0. The number of piperidine rings is 3. The van der Waals surface area contributed by atoms with Gasteiger partial charge in [-0.05, 0) is 152 Å². The van der Waals surface area contributed by atoms with Crippen molar-refractivity contribution in [3.05, 3.63) is 131 Å². The molecule has 16 rings (SSSR count). The van der Waals surface area contributed by atoms with Gasteiger partial charge in [0.1, 0.15) is 40.8 Å². The number of imidazole rings is 2. The van der Waals surface area contributed by atoms with Crippen LogP contribution in [0.4, 0.5) is 29.2 Å². The summed E-state index contributed by atoms with van der Waals surface area (Å²) < 4.78 is 30.2. The van der Waals surface area contributed by atoms with Crippen molar-refractivity contribution < 1.29 is 34.3 Å². The van der Waals surface area contributed by atoms with E-state index in [-0.39, 0.29) is 48.3 Å². The molecule has 0 amide bonds. The standard InChI is InChI=1S/C24H27N7O2.C12H13ClN4O.C12H15N3O3.C6H3Cl2N3.C6H11NO.ClH/c1-14-7-17(9-21(33-3)15(14)2)29-11-22(25-13-29)26-24-27-23(19-5-4-6-31(19)28-24)30-10-16-8-18(16)20(30)12-32;13-12-14-11(9-2-1-3-17(9)15-12)16-5-7-4-8(7)10(16)6-18;1-16-9-4-8(15-6-11(13)14-7-15)5-10(17-2)12(9)18-3;7-5-4-2-1-3-11(4)10-6(8)9-5;8-3-6-5-1-4(5)2-7-6;/h4-7,9,11,13,16,18,20,32H,8,10,12H2,1-3H3,(H,26,28);1-3,7-8,10,18H,4-6H2;4-7H,13H2,1-3H3;1-3H;4-8H,1-3H2;1H/t16-,18-,20+;7-,8-,10+;;;4-,5-,6+;/m00..0./s1. The van der Waals surface area contributed by atoms with Gasteiger partial charge in [0.15, 0.2) is 34.1 Å². The van der Waals surface area contributed by atoms with Crippen LogP contribution in [0.2, 0.25) is 15.7 Å². The van der Waals surface area contributed by atoms with Gasteiger partial charge in [-0.1, -0.05) is 11.6 Å². The maximum absolute atomic E-state index is 9.98. The zero-order chi connectivity index (χ0) is 61.5. The number of ether oxygens (including phenoxy) is 4. The summed E-state index contributed by atoms with van der Waals surface area (Å²) in [5, 5.41) is 48.1. The first-order valence-corrected chi connectivity index (χ1v) is 30.0. The number of halogens is 4. The fourth-order valence-corrected chi connectivity index (χ4v) is 13.0. The Morgan fingerprint density at radius 2 is 1.15 bits per heavy atom. The molecule has 7 N–H and O–H groups in total. The number of nitrogens with two attached hydrogens (primary N) is 1. The summed E-state index contributed by atoms with van der Waals surface area (Å²) in [5.74, 6) is 10.1. The summed E-state index contributed by atoms with van der Waals surface area (Å²) in [4.78, 5) is 25.9. The highest BCUT2D eigenvalue weighted by Gasteiger charge is 2.54. The second-order valence-corrected chi connectivity index (χ2v) is 23.6. The van der Waals surface area contributed by atoms with Crippen molar-refractivity contribution in [2.24, 2.45) is 35.5 Å². The topological polar surface area (TPSA) is 280 Å². The molecule has 10 aromatic rings. The van der Waals surface area contributed by atoms with Gasteiger partial charge in [0.05, 0.1) is 84.1 Å². The second-order valence-electron chi connectivity index (χ2n) is 22.6. The van der Waals surface area contributed by atoms with E-state index in [1.54, 1.807) is 67.1 Å². The molecule has 11 heterocycles. The quantitative estimate of drug-likeness (QED) is 0.0641. The third-order valence-electron chi connectivity index (χ3n) is 17.4. The lowest BCUT2D eigenvalue weighted by Crippen LogP contribution is -2.37. The minimum Gasteiger partial charge on any atom is -0.496 e. The van der Waals surface area contributed by atoms with Crippen molar-refractivity contribution >= 4 is 93.0 Å². The van der Waals surface area contributed by atoms with E-state index in [4.69, 9.17) is 69.6 Å². The van der Waals surface area contributed by atoms with Gasteiger partial charge in [0, 0.05) is 55.9 Å². The molecule has 0 spiro atoms. The van der Waals surface area contributed by atoms with Crippen LogP contribution in [0, 0.1) is 49.4 Å². The molecule has 470 valence electrons. The summed E-state index contributed by atoms with van der Waals surface area (Å²) in [6.45, 7) is 7.81. The van der Waals surface area contributed by atoms with Gasteiger partial charge in [-0.25, -0.2) is 28.5 Å². The average Bonchev–Trinajstić information content (AvgIpc) is 1.60. The lowest BCUT2D eigenvalue weighted by Gasteiger charge is -2.27. The van der Waals surface area contributed by atoms with Gasteiger partial charge in [-0.3, -0.25) is 0 Å². The van der Waals surface area contributed by atoms with Crippen LogP contribution in [-0.4, -0.2) is 164 Å². The van der Waals surface area contributed by atoms with E-state index in [0.29, 0.717) is 76.3 Å². The predicted molar refractivity (Wildman–Crippen MR) is 342 cm³/mol. The number of aromatic nitrogens is 13. The fourth-order valence-electron chi connectivity index (χ4n) is 12.4. The Labute approximate surface area is 533 Å². The van der Waals surface area contributed by atoms with Crippen molar-refractivity contribution in [2.45, 2.75) is 51.2 Å². The molecular formula is C60H70Cl4N18O7. The number of methoxy groups -OCH3 is 4. The number of nitrogen functional groups attached to an aromatic ring is 1. The van der Waals surface area contributed by atoms with Gasteiger partial charge >= 0.3 is 0 Å². The molecule has 6 aliphatic rings. The van der Waals surface area contributed by atoms with E-state index in [1.165, 1.54) is 19.3 Å². The Kier molecular flexibility index (Phi) is 18.8. The Morgan fingerprint density at radius 3 is 1.67 bits per heavy atom. The van der Waals surface area contributed by atoms with Gasteiger partial charge < -0.3 is 69.6 Å². The summed E-state index contributed by atoms with van der Waals surface area (Å²) in [6, 6.07) is 20.0. The van der Waals surface area contributed by atoms with Gasteiger partial charge in [0.2, 0.25) is 22.3 Å². The van der Waals surface area contributed by atoms with E-state index in [2.05, 4.69) is 75.6 Å². The molecule has 3 aliphatic heterocycles.